The highest BCUT2D eigenvalue weighted by atomic mass is 16.6. The van der Waals surface area contributed by atoms with Gasteiger partial charge in [0.2, 0.25) is 0 Å². The van der Waals surface area contributed by atoms with Gasteiger partial charge in [-0.05, 0) is 52.0 Å². The summed E-state index contributed by atoms with van der Waals surface area (Å²) in [4.78, 5) is 25.7. The van der Waals surface area contributed by atoms with E-state index in [0.717, 1.165) is 24.7 Å². The van der Waals surface area contributed by atoms with Crippen LogP contribution in [0.15, 0.2) is 24.3 Å². The van der Waals surface area contributed by atoms with Gasteiger partial charge in [0.05, 0.1) is 0 Å². The Hall–Kier alpha value is -1.84. The lowest BCUT2D eigenvalue weighted by atomic mass is 9.82. The Balaban J connectivity index is 2.08. The number of hydrogen-bond donors (Lipinski definition) is 0. The molecule has 0 N–H and O–H groups in total. The number of nitrogens with zero attached hydrogens (tertiary/aromatic N) is 1. The van der Waals surface area contributed by atoms with E-state index >= 15 is 0 Å². The van der Waals surface area contributed by atoms with Gasteiger partial charge in [-0.25, -0.2) is 4.79 Å². The molecule has 0 aromatic heterocycles. The number of carbonyl (C=O) groups is 2. The van der Waals surface area contributed by atoms with E-state index in [9.17, 15) is 9.59 Å². The molecule has 0 spiro atoms. The van der Waals surface area contributed by atoms with E-state index in [-0.39, 0.29) is 17.9 Å². The second kappa shape index (κ2) is 7.16. The summed E-state index contributed by atoms with van der Waals surface area (Å²) in [6, 6.07) is 8.09. The number of hydrogen-bond acceptors (Lipinski definition) is 3. The lowest BCUT2D eigenvalue weighted by Gasteiger charge is -2.36. The molecule has 0 bridgehead atoms. The summed E-state index contributed by atoms with van der Waals surface area (Å²) >= 11 is 0. The van der Waals surface area contributed by atoms with E-state index in [4.69, 9.17) is 4.74 Å². The molecule has 1 aromatic rings. The molecule has 23 heavy (non-hydrogen) atoms. The van der Waals surface area contributed by atoms with Crippen molar-refractivity contribution in [3.63, 3.8) is 0 Å². The van der Waals surface area contributed by atoms with Crippen molar-refractivity contribution in [2.75, 3.05) is 13.1 Å². The molecule has 4 nitrogen and oxygen atoms in total. The third-order valence-corrected chi connectivity index (χ3v) is 4.23. The Morgan fingerprint density at radius 3 is 2.52 bits per heavy atom. The van der Waals surface area contributed by atoms with Crippen molar-refractivity contribution < 1.29 is 14.3 Å². The summed E-state index contributed by atoms with van der Waals surface area (Å²) in [5, 5.41) is 0. The van der Waals surface area contributed by atoms with Crippen LogP contribution in [0.1, 0.15) is 50.7 Å². The molecule has 1 fully saturated rings. The van der Waals surface area contributed by atoms with Crippen LogP contribution < -0.4 is 0 Å². The maximum Gasteiger partial charge on any atom is 0.410 e. The van der Waals surface area contributed by atoms with Gasteiger partial charge in [-0.15, -0.1) is 0 Å². The molecular formula is C19H27NO3. The van der Waals surface area contributed by atoms with Crippen LogP contribution in [0.2, 0.25) is 0 Å². The molecule has 0 saturated carbocycles. The predicted molar refractivity (Wildman–Crippen MR) is 90.5 cm³/mol. The first kappa shape index (κ1) is 17.5. The van der Waals surface area contributed by atoms with Gasteiger partial charge in [0.1, 0.15) is 11.9 Å². The molecule has 2 rings (SSSR count). The highest BCUT2D eigenvalue weighted by Gasteiger charge is 2.32. The highest BCUT2D eigenvalue weighted by molar-refractivity contribution is 5.69. The maximum absolute atomic E-state index is 12.3. The number of aryl methyl sites for hydroxylation is 1. The van der Waals surface area contributed by atoms with Gasteiger partial charge in [-0.2, -0.15) is 0 Å². The van der Waals surface area contributed by atoms with Crippen molar-refractivity contribution in [1.82, 2.24) is 4.90 Å². The number of carbonyl (C=O) groups excluding carboxylic acids is 2. The first-order valence-electron chi connectivity index (χ1n) is 8.30. The van der Waals surface area contributed by atoms with Crippen molar-refractivity contribution in [2.45, 2.75) is 52.1 Å². The molecule has 1 aliphatic rings. The number of likely N-dealkylation sites (tertiary alicyclic amines) is 1. The summed E-state index contributed by atoms with van der Waals surface area (Å²) in [7, 11) is 0. The molecular weight excluding hydrogens is 290 g/mol. The minimum absolute atomic E-state index is 0.150. The van der Waals surface area contributed by atoms with E-state index in [1.54, 1.807) is 4.90 Å². The van der Waals surface area contributed by atoms with Gasteiger partial charge >= 0.3 is 6.09 Å². The molecule has 1 aromatic carbocycles. The SMILES string of the molecule is Cc1ccc(C(C=O)C2CCCN(C(=O)OC(C)(C)C)C2)cc1. The molecule has 1 heterocycles. The Morgan fingerprint density at radius 2 is 1.96 bits per heavy atom. The van der Waals surface area contributed by atoms with E-state index in [2.05, 4.69) is 0 Å². The standard InChI is InChI=1S/C19H27NO3/c1-14-7-9-15(10-8-14)17(13-21)16-6-5-11-20(12-16)18(22)23-19(2,3)4/h7-10,13,16-17H,5-6,11-12H2,1-4H3. The van der Waals surface area contributed by atoms with E-state index < -0.39 is 5.60 Å². The lowest BCUT2D eigenvalue weighted by Crippen LogP contribution is -2.44. The van der Waals surface area contributed by atoms with Crippen LogP contribution in [0.25, 0.3) is 0 Å². The molecule has 2 unspecified atom stereocenters. The second-order valence-electron chi connectivity index (χ2n) is 7.40. The van der Waals surface area contributed by atoms with Crippen LogP contribution in [0.4, 0.5) is 4.79 Å². The number of ether oxygens (including phenoxy) is 1. The molecule has 0 aliphatic carbocycles. The zero-order valence-corrected chi connectivity index (χ0v) is 14.5. The van der Waals surface area contributed by atoms with Crippen molar-refractivity contribution in [1.29, 1.82) is 0 Å². The summed E-state index contributed by atoms with van der Waals surface area (Å²) < 4.78 is 5.46. The van der Waals surface area contributed by atoms with Gasteiger partial charge in [-0.1, -0.05) is 29.8 Å². The smallest absolute Gasteiger partial charge is 0.410 e. The van der Waals surface area contributed by atoms with Gasteiger partial charge in [0, 0.05) is 19.0 Å². The Kier molecular flexibility index (Phi) is 5.45. The van der Waals surface area contributed by atoms with Gasteiger partial charge < -0.3 is 14.4 Å². The number of benzene rings is 1. The van der Waals surface area contributed by atoms with Gasteiger partial charge in [-0.3, -0.25) is 0 Å². The van der Waals surface area contributed by atoms with Crippen LogP contribution in [0.3, 0.4) is 0 Å². The van der Waals surface area contributed by atoms with Crippen molar-refractivity contribution in [3.05, 3.63) is 35.4 Å². The monoisotopic (exact) mass is 317 g/mol. The van der Waals surface area contributed by atoms with Crippen LogP contribution in [-0.4, -0.2) is 36.0 Å². The van der Waals surface area contributed by atoms with Crippen LogP contribution in [-0.2, 0) is 9.53 Å². The molecule has 1 aliphatic heterocycles. The zero-order valence-electron chi connectivity index (χ0n) is 14.5. The normalized spacial score (nSPS) is 20.0. The molecule has 1 saturated heterocycles. The Bertz CT molecular complexity index is 545. The highest BCUT2D eigenvalue weighted by Crippen LogP contribution is 2.31. The molecule has 4 heteroatoms. The molecule has 126 valence electrons. The molecule has 0 radical (unpaired) electrons. The summed E-state index contributed by atoms with van der Waals surface area (Å²) in [6.07, 6.45) is 2.60. The average Bonchev–Trinajstić information content (AvgIpc) is 2.48. The topological polar surface area (TPSA) is 46.6 Å². The third kappa shape index (κ3) is 4.81. The summed E-state index contributed by atoms with van der Waals surface area (Å²) in [6.45, 7) is 8.91. The van der Waals surface area contributed by atoms with Crippen molar-refractivity contribution in [2.24, 2.45) is 5.92 Å². The van der Waals surface area contributed by atoms with Crippen LogP contribution in [0, 0.1) is 12.8 Å². The fraction of sp³-hybridized carbons (Fsp3) is 0.579. The fourth-order valence-corrected chi connectivity index (χ4v) is 3.05. The lowest BCUT2D eigenvalue weighted by molar-refractivity contribution is -0.110. The predicted octanol–water partition coefficient (Wildman–Crippen LogP) is 3.92. The van der Waals surface area contributed by atoms with Crippen LogP contribution >= 0.6 is 0 Å². The largest absolute Gasteiger partial charge is 0.444 e. The Labute approximate surface area is 138 Å². The van der Waals surface area contributed by atoms with Crippen molar-refractivity contribution in [3.8, 4) is 0 Å². The average molecular weight is 317 g/mol. The van der Waals surface area contributed by atoms with E-state index in [1.807, 2.05) is 52.0 Å². The van der Waals surface area contributed by atoms with Gasteiger partial charge in [0.25, 0.3) is 0 Å². The number of amides is 1. The first-order chi connectivity index (χ1) is 10.8. The minimum Gasteiger partial charge on any atom is -0.444 e. The molecule has 1 amide bonds. The van der Waals surface area contributed by atoms with Gasteiger partial charge in [0.15, 0.2) is 0 Å². The maximum atomic E-state index is 12.3. The third-order valence-electron chi connectivity index (χ3n) is 4.23. The first-order valence-corrected chi connectivity index (χ1v) is 8.30. The number of aldehydes is 1. The quantitative estimate of drug-likeness (QED) is 0.794. The zero-order chi connectivity index (χ0) is 17.0. The fourth-order valence-electron chi connectivity index (χ4n) is 3.05. The minimum atomic E-state index is -0.495. The van der Waals surface area contributed by atoms with E-state index in [0.29, 0.717) is 13.1 Å². The van der Waals surface area contributed by atoms with E-state index in [1.165, 1.54) is 5.56 Å². The van der Waals surface area contributed by atoms with Crippen LogP contribution in [0.5, 0.6) is 0 Å². The number of piperidine rings is 1. The van der Waals surface area contributed by atoms with Crippen molar-refractivity contribution >= 4 is 12.4 Å². The second-order valence-corrected chi connectivity index (χ2v) is 7.40. The summed E-state index contributed by atoms with van der Waals surface area (Å²) in [5.74, 6) is -0.0164. The summed E-state index contributed by atoms with van der Waals surface area (Å²) in [5.41, 5.74) is 1.71. The molecule has 2 atom stereocenters. The Morgan fingerprint density at radius 1 is 1.30 bits per heavy atom. The number of rotatable bonds is 3.